The average Bonchev–Trinajstić information content (AvgIpc) is 3.26. The summed E-state index contributed by atoms with van der Waals surface area (Å²) < 4.78 is 97.4. The number of ether oxygens (including phenoxy) is 4. The van der Waals surface area contributed by atoms with Crippen molar-refractivity contribution in [3.05, 3.63) is 103 Å². The van der Waals surface area contributed by atoms with Crippen LogP contribution in [0.15, 0.2) is 67.5 Å². The van der Waals surface area contributed by atoms with Crippen LogP contribution in [-0.4, -0.2) is 105 Å². The quantitative estimate of drug-likeness (QED) is 0.00931. The SMILES string of the molecule is C=C=COOC.CC(C)(C)OC(=O)Nc1cc(F)ccn1.CC(C)(C)OC(=O)Nc1nccc(F)c1C=O.COC(=O)/C=C/c1c(F)ccnc1NC(=O)OC(C)(C)C.[2H]CF.[3H]N(C)I.[3H]N(C)I.[3H]N(C)I.[CH2-]CCC.[Li+]. The van der Waals surface area contributed by atoms with Crippen molar-refractivity contribution in [1.82, 2.24) is 25.5 Å². The second-order valence-corrected chi connectivity index (χ2v) is 18.2. The monoisotopic (exact) mass is 1410 g/mol. The van der Waals surface area contributed by atoms with Crippen LogP contribution in [0.1, 0.15) is 99.4 Å². The van der Waals surface area contributed by atoms with Crippen LogP contribution in [0.2, 0.25) is 4.24 Å². The number of nitrogens with one attached hydrogen (secondary N) is 6. The fourth-order valence-electron chi connectivity index (χ4n) is 3.35. The number of unbranched alkanes of at least 4 members (excludes halogenated alkanes) is 1. The first-order chi connectivity index (χ1) is 35.9. The summed E-state index contributed by atoms with van der Waals surface area (Å²) >= 11 is 5.53. The first-order valence-corrected chi connectivity index (χ1v) is 23.7. The number of hydrogen-bond acceptors (Lipinski definition) is 17. The smallest absolute Gasteiger partial charge is 0.466 e. The second kappa shape index (κ2) is 53.2. The summed E-state index contributed by atoms with van der Waals surface area (Å²) in [5.74, 6) is -2.59. The Bertz CT molecular complexity index is 2180. The van der Waals surface area contributed by atoms with Crippen molar-refractivity contribution in [1.29, 1.82) is 0 Å². The Morgan fingerprint density at radius 2 is 1.13 bits per heavy atom. The topological polar surface area (TPSA) is 252 Å². The Morgan fingerprint density at radius 1 is 0.773 bits per heavy atom. The van der Waals surface area contributed by atoms with Crippen molar-refractivity contribution in [2.24, 2.45) is 0 Å². The number of nitrogens with zero attached hydrogens (tertiary/aromatic N) is 3. The molecule has 28 heteroatoms. The van der Waals surface area contributed by atoms with Crippen LogP contribution in [0.4, 0.5) is 49.4 Å². The van der Waals surface area contributed by atoms with Gasteiger partial charge in [0.05, 0.1) is 33.9 Å². The van der Waals surface area contributed by atoms with Gasteiger partial charge in [-0.15, -0.1) is 0 Å². The van der Waals surface area contributed by atoms with E-state index in [0.717, 1.165) is 36.9 Å². The van der Waals surface area contributed by atoms with Crippen molar-refractivity contribution in [3.63, 3.8) is 0 Å². The van der Waals surface area contributed by atoms with Gasteiger partial charge in [0.25, 0.3) is 0 Å². The number of methoxy groups -OCH3 is 1. The number of esters is 1. The molecule has 6 N–H and O–H groups in total. The molecule has 0 saturated carbocycles. The predicted octanol–water partition coefficient (Wildman–Crippen LogP) is 9.44. The Hall–Kier alpha value is -4.19. The minimum atomic E-state index is -1.00. The van der Waals surface area contributed by atoms with Crippen LogP contribution in [0.25, 0.3) is 6.08 Å². The molecule has 3 rings (SSSR count). The van der Waals surface area contributed by atoms with Crippen LogP contribution in [0, 0.1) is 24.4 Å². The molecule has 0 saturated heterocycles. The number of hydrogen-bond donors (Lipinski definition) is 6. The molecule has 0 radical (unpaired) electrons. The summed E-state index contributed by atoms with van der Waals surface area (Å²) in [7, 11) is 6.57. The zero-order valence-electron chi connectivity index (χ0n) is 49.2. The van der Waals surface area contributed by atoms with E-state index in [1.807, 2.05) is 68.6 Å². The normalized spacial score (nSPS) is 10.4. The van der Waals surface area contributed by atoms with E-state index in [4.69, 9.17) is 19.8 Å². The number of amides is 3. The van der Waals surface area contributed by atoms with Crippen molar-refractivity contribution in [2.75, 3.05) is 58.5 Å². The fourth-order valence-corrected chi connectivity index (χ4v) is 3.35. The van der Waals surface area contributed by atoms with E-state index in [-0.39, 0.29) is 53.7 Å². The third kappa shape index (κ3) is 58.9. The zero-order chi connectivity index (χ0) is 62.3. The van der Waals surface area contributed by atoms with E-state index < -0.39 is 65.7 Å². The van der Waals surface area contributed by atoms with Crippen molar-refractivity contribution >= 4 is 123 Å². The maximum atomic E-state index is 13.8. The van der Waals surface area contributed by atoms with Gasteiger partial charge in [-0.05, 0) is 108 Å². The number of aromatic nitrogens is 3. The number of pyridine rings is 3. The maximum absolute atomic E-state index is 13.8. The molecular weight excluding hydrogens is 1330 g/mol. The van der Waals surface area contributed by atoms with E-state index in [2.05, 4.69) is 71.6 Å². The summed E-state index contributed by atoms with van der Waals surface area (Å²) in [6.07, 6.45) is 7.37. The van der Waals surface area contributed by atoms with Crippen LogP contribution in [0.5, 0.6) is 0 Å². The van der Waals surface area contributed by atoms with Crippen LogP contribution < -0.4 is 45.4 Å². The van der Waals surface area contributed by atoms with E-state index in [1.165, 1.54) is 62.0 Å². The van der Waals surface area contributed by atoms with Crippen molar-refractivity contribution in [2.45, 2.75) is 98.9 Å². The Balaban J connectivity index is -0.000000162. The molecule has 0 aliphatic rings. The molecule has 75 heavy (non-hydrogen) atoms. The van der Waals surface area contributed by atoms with Gasteiger partial charge in [-0.3, -0.25) is 35.7 Å². The van der Waals surface area contributed by atoms with Crippen molar-refractivity contribution in [3.8, 4) is 0 Å². The number of carbonyl (C=O) groups is 5. The fraction of sp³-hybridized carbons (Fsp3) is 0.447. The molecule has 3 heterocycles. The van der Waals surface area contributed by atoms with Gasteiger partial charge >= 0.3 is 43.1 Å². The zero-order valence-corrected chi connectivity index (χ0v) is 51.7. The van der Waals surface area contributed by atoms with Crippen LogP contribution in [0.3, 0.4) is 0 Å². The third-order valence-electron chi connectivity index (χ3n) is 5.75. The Kier molecular flexibility index (Phi) is 53.2. The van der Waals surface area contributed by atoms with Gasteiger partial charge in [0.2, 0.25) is 0 Å². The summed E-state index contributed by atoms with van der Waals surface area (Å²) in [4.78, 5) is 75.6. The molecule has 422 valence electrons. The van der Waals surface area contributed by atoms with Gasteiger partial charge in [-0.1, -0.05) is 25.7 Å². The van der Waals surface area contributed by atoms with Crippen molar-refractivity contribution < 1.29 is 94.7 Å². The molecule has 3 aromatic heterocycles. The van der Waals surface area contributed by atoms with E-state index in [0.29, 0.717) is 0 Å². The van der Waals surface area contributed by atoms with Gasteiger partial charge < -0.3 is 30.8 Å². The van der Waals surface area contributed by atoms with Crippen LogP contribution >= 0.6 is 68.6 Å². The largest absolute Gasteiger partial charge is 1.00 e. The van der Waals surface area contributed by atoms with Gasteiger partial charge in [0.15, 0.2) is 12.5 Å². The molecule has 0 aliphatic heterocycles. The first kappa shape index (κ1) is 75.0. The molecule has 0 spiro atoms. The summed E-state index contributed by atoms with van der Waals surface area (Å²) in [6.45, 7) is 24.3. The number of carbonyl (C=O) groups excluding carboxylic acids is 5. The molecule has 0 bridgehead atoms. The minimum Gasteiger partial charge on any atom is -0.466 e. The average molecular weight is 1410 g/mol. The number of alkyl halides is 1. The molecular formula is C47H73F4I3LiN9O11. The van der Waals surface area contributed by atoms with Gasteiger partial charge in [0.1, 0.15) is 55.9 Å². The predicted molar refractivity (Wildman–Crippen MR) is 307 cm³/mol. The molecule has 3 amide bonds. The molecule has 20 nitrogen and oxygen atoms in total. The molecule has 0 aromatic carbocycles. The van der Waals surface area contributed by atoms with Crippen LogP contribution in [-0.2, 0) is 33.5 Å². The second-order valence-electron chi connectivity index (χ2n) is 15.3. The molecule has 3 aromatic rings. The number of rotatable bonds is 9. The van der Waals surface area contributed by atoms with E-state index in [1.54, 1.807) is 83.5 Å². The number of aldehydes is 1. The minimum absolute atomic E-state index is 0. The third-order valence-corrected chi connectivity index (χ3v) is 5.75. The number of halogens is 7. The molecule has 0 unspecified atom stereocenters. The Labute approximate surface area is 499 Å². The van der Waals surface area contributed by atoms with Gasteiger partial charge in [-0.25, -0.2) is 47.3 Å². The van der Waals surface area contributed by atoms with Gasteiger partial charge in [0, 0.05) is 99.3 Å². The Morgan fingerprint density at radius 3 is 1.44 bits per heavy atom. The standard InChI is InChI=1S/C14H17FN2O4.C11H13FN2O3.C10H13FN2O2.C4H6O2.C4H9.CH3F.3CH4IN.Li/c1-14(2,3)21-13(19)17-12-9(5-6-11(18)20-4)10(15)7-8-16-12;1-11(2,3)17-10(16)14-9-7(6-15)8(12)4-5-13-9;1-10(2,3)15-9(14)13-8-6-7(11)4-5-12-8;1-3-4-6-5-2;1-3-4-2;1-2;3*1-3-2;/h5-8H,1-4H3,(H,16,17,19);4-6H,1-3H3,(H,13,14,16);4-6H,1-3H3,(H,12,13,14);4H,1H2,2H3;1,3-4H2,2H3;1H3;3*3H,1H3;/q;;;;-1;;;;;+1/b6-5+;;;;;;;;;/i;;;;;1D;;;;/hT3. The van der Waals surface area contributed by atoms with E-state index in [9.17, 15) is 41.5 Å². The maximum Gasteiger partial charge on any atom is 1.00 e. The summed E-state index contributed by atoms with van der Waals surface area (Å²) in [5, 5.41) is 6.88. The molecule has 0 aliphatic carbocycles. The summed E-state index contributed by atoms with van der Waals surface area (Å²) in [6, 6.07) is 4.45. The van der Waals surface area contributed by atoms with Gasteiger partial charge in [-0.2, -0.15) is 11.3 Å². The number of anilines is 3. The summed E-state index contributed by atoms with van der Waals surface area (Å²) in [5.41, 5.74) is 0.0292. The molecule has 0 fully saturated rings. The first-order valence-electron chi connectivity index (χ1n) is 22.9. The molecule has 0 atom stereocenters. The van der Waals surface area contributed by atoms with E-state index >= 15 is 0 Å².